The molecule has 6 heteroatoms. The second kappa shape index (κ2) is 10.5. The highest BCUT2D eigenvalue weighted by Gasteiger charge is 2.14. The Labute approximate surface area is 205 Å². The molecule has 0 atom stereocenters. The van der Waals surface area contributed by atoms with E-state index in [1.54, 1.807) is 18.8 Å². The van der Waals surface area contributed by atoms with Crippen LogP contribution in [-0.4, -0.2) is 24.7 Å². The van der Waals surface area contributed by atoms with Gasteiger partial charge >= 0.3 is 0 Å². The third-order valence-electron chi connectivity index (χ3n) is 6.09. The number of hydrogen-bond acceptors (Lipinski definition) is 4. The summed E-state index contributed by atoms with van der Waals surface area (Å²) in [5.74, 6) is 1.08. The lowest BCUT2D eigenvalue weighted by Gasteiger charge is -2.14. The van der Waals surface area contributed by atoms with Gasteiger partial charge in [-0.1, -0.05) is 35.9 Å². The Balaban J connectivity index is 1.63. The van der Waals surface area contributed by atoms with Crippen molar-refractivity contribution in [1.82, 2.24) is 4.57 Å². The Morgan fingerprint density at radius 3 is 2.26 bits per heavy atom. The molecule has 0 fully saturated rings. The number of amides is 1. The predicted octanol–water partition coefficient (Wildman–Crippen LogP) is 5.06. The highest BCUT2D eigenvalue weighted by molar-refractivity contribution is 5.92. The summed E-state index contributed by atoms with van der Waals surface area (Å²) in [5.41, 5.74) is 5.16. The average Bonchev–Trinajstić information content (AvgIpc) is 2.86. The quantitative estimate of drug-likeness (QED) is 0.391. The largest absolute Gasteiger partial charge is 0.493 e. The summed E-state index contributed by atoms with van der Waals surface area (Å²) in [4.78, 5) is 26.4. The molecule has 0 saturated carbocycles. The smallest absolute Gasteiger partial charge is 0.254 e. The minimum atomic E-state index is -0.240. The van der Waals surface area contributed by atoms with E-state index in [-0.39, 0.29) is 18.0 Å². The van der Waals surface area contributed by atoms with Gasteiger partial charge in [0, 0.05) is 11.3 Å². The lowest BCUT2D eigenvalue weighted by Crippen LogP contribution is -2.30. The molecule has 1 aromatic heterocycles. The van der Waals surface area contributed by atoms with Crippen LogP contribution in [0.2, 0.25) is 0 Å². The third kappa shape index (κ3) is 5.54. The Hall–Kier alpha value is -4.06. The summed E-state index contributed by atoms with van der Waals surface area (Å²) in [6.07, 6.45) is 1.19. The molecule has 35 heavy (non-hydrogen) atoms. The van der Waals surface area contributed by atoms with Crippen molar-refractivity contribution in [3.05, 3.63) is 99.3 Å². The average molecular weight is 471 g/mol. The van der Waals surface area contributed by atoms with E-state index in [1.165, 1.54) is 0 Å². The Kier molecular flexibility index (Phi) is 7.20. The van der Waals surface area contributed by atoms with Crippen molar-refractivity contribution in [3.8, 4) is 11.5 Å². The van der Waals surface area contributed by atoms with Crippen LogP contribution < -0.4 is 20.3 Å². The van der Waals surface area contributed by atoms with Crippen molar-refractivity contribution in [2.75, 3.05) is 19.5 Å². The molecular weight excluding hydrogens is 440 g/mol. The monoisotopic (exact) mass is 470 g/mol. The zero-order chi connectivity index (χ0) is 24.9. The second-order valence-electron chi connectivity index (χ2n) is 8.73. The number of hydrogen-bond donors (Lipinski definition) is 1. The topological polar surface area (TPSA) is 69.6 Å². The molecule has 0 aliphatic heterocycles. The summed E-state index contributed by atoms with van der Waals surface area (Å²) >= 11 is 0. The maximum Gasteiger partial charge on any atom is 0.254 e. The molecule has 0 aliphatic rings. The maximum atomic E-state index is 13.5. The number of carbonyl (C=O) groups excluding carboxylic acids is 1. The van der Waals surface area contributed by atoms with E-state index in [0.29, 0.717) is 35.6 Å². The van der Waals surface area contributed by atoms with Crippen molar-refractivity contribution in [1.29, 1.82) is 0 Å². The van der Waals surface area contributed by atoms with Gasteiger partial charge in [-0.25, -0.2) is 0 Å². The normalized spacial score (nSPS) is 10.9. The van der Waals surface area contributed by atoms with Crippen LogP contribution in [0.4, 0.5) is 5.69 Å². The van der Waals surface area contributed by atoms with Crippen molar-refractivity contribution >= 4 is 22.5 Å². The molecule has 180 valence electrons. The number of carbonyl (C=O) groups is 1. The Morgan fingerprint density at radius 1 is 0.829 bits per heavy atom. The number of benzene rings is 3. The number of methoxy groups -OCH3 is 2. The molecule has 1 heterocycles. The number of fused-ring (bicyclic) bond motifs is 1. The van der Waals surface area contributed by atoms with Gasteiger partial charge < -0.3 is 14.8 Å². The van der Waals surface area contributed by atoms with Crippen LogP contribution in [0.1, 0.15) is 22.3 Å². The van der Waals surface area contributed by atoms with Gasteiger partial charge in [-0.2, -0.15) is 0 Å². The molecule has 4 aromatic rings. The van der Waals surface area contributed by atoms with E-state index in [9.17, 15) is 9.59 Å². The fourth-order valence-corrected chi connectivity index (χ4v) is 4.17. The zero-order valence-electron chi connectivity index (χ0n) is 20.6. The lowest BCUT2D eigenvalue weighted by molar-refractivity contribution is -0.116. The zero-order valence-corrected chi connectivity index (χ0v) is 20.6. The van der Waals surface area contributed by atoms with E-state index >= 15 is 0 Å². The van der Waals surface area contributed by atoms with E-state index in [1.807, 2.05) is 80.6 Å². The van der Waals surface area contributed by atoms with Crippen LogP contribution in [0.3, 0.4) is 0 Å². The van der Waals surface area contributed by atoms with E-state index in [2.05, 4.69) is 5.32 Å². The van der Waals surface area contributed by atoms with Crippen LogP contribution in [0.15, 0.2) is 71.5 Å². The van der Waals surface area contributed by atoms with Crippen molar-refractivity contribution in [2.45, 2.75) is 33.2 Å². The molecule has 1 N–H and O–H groups in total. The first kappa shape index (κ1) is 24.1. The van der Waals surface area contributed by atoms with Gasteiger partial charge in [-0.05, 0) is 79.6 Å². The first-order valence-electron chi connectivity index (χ1n) is 11.6. The van der Waals surface area contributed by atoms with Gasteiger partial charge in [-0.15, -0.1) is 0 Å². The summed E-state index contributed by atoms with van der Waals surface area (Å²) in [5, 5.41) is 3.83. The number of ether oxygens (including phenoxy) is 2. The van der Waals surface area contributed by atoms with Crippen LogP contribution in [0.25, 0.3) is 10.9 Å². The predicted molar refractivity (Wildman–Crippen MR) is 140 cm³/mol. The van der Waals surface area contributed by atoms with Gasteiger partial charge in [-0.3, -0.25) is 14.2 Å². The number of nitrogens with zero attached hydrogens (tertiary/aromatic N) is 1. The van der Waals surface area contributed by atoms with Gasteiger partial charge in [0.2, 0.25) is 5.91 Å². The molecule has 4 rings (SSSR count). The fraction of sp³-hybridized carbons (Fsp3) is 0.241. The van der Waals surface area contributed by atoms with Gasteiger partial charge in [0.15, 0.2) is 11.5 Å². The number of pyridine rings is 1. The van der Waals surface area contributed by atoms with Crippen molar-refractivity contribution < 1.29 is 14.3 Å². The van der Waals surface area contributed by atoms with Crippen LogP contribution in [0.5, 0.6) is 11.5 Å². The minimum Gasteiger partial charge on any atom is -0.493 e. The summed E-state index contributed by atoms with van der Waals surface area (Å²) in [6, 6.07) is 21.3. The standard InChI is InChI=1S/C29H30N2O4/c1-19-6-12-24(13-7-19)30-28(32)18-31-25-15-20(2)5-10-22(25)17-23(29(31)33)11-8-21-9-14-26(34-3)27(16-21)35-4/h5-7,9-10,12-17H,8,11,18H2,1-4H3,(H,30,32). The molecule has 0 saturated heterocycles. The fourth-order valence-electron chi connectivity index (χ4n) is 4.17. The molecule has 0 unspecified atom stereocenters. The van der Waals surface area contributed by atoms with Gasteiger partial charge in [0.05, 0.1) is 19.7 Å². The molecule has 0 spiro atoms. The molecule has 0 radical (unpaired) electrons. The van der Waals surface area contributed by atoms with Crippen LogP contribution in [0, 0.1) is 13.8 Å². The van der Waals surface area contributed by atoms with E-state index in [4.69, 9.17) is 9.47 Å². The SMILES string of the molecule is COc1ccc(CCc2cc3ccc(C)cc3n(CC(=O)Nc3ccc(C)cc3)c2=O)cc1OC. The van der Waals surface area contributed by atoms with Crippen molar-refractivity contribution in [3.63, 3.8) is 0 Å². The summed E-state index contributed by atoms with van der Waals surface area (Å²) < 4.78 is 12.3. The Morgan fingerprint density at radius 2 is 1.54 bits per heavy atom. The molecule has 1 amide bonds. The van der Waals surface area contributed by atoms with Gasteiger partial charge in [0.25, 0.3) is 5.56 Å². The van der Waals surface area contributed by atoms with E-state index in [0.717, 1.165) is 27.6 Å². The minimum absolute atomic E-state index is 0.0587. The van der Waals surface area contributed by atoms with Crippen LogP contribution in [-0.2, 0) is 24.2 Å². The summed E-state index contributed by atoms with van der Waals surface area (Å²) in [6.45, 7) is 3.91. The highest BCUT2D eigenvalue weighted by atomic mass is 16.5. The second-order valence-corrected chi connectivity index (χ2v) is 8.73. The number of nitrogens with one attached hydrogen (secondary N) is 1. The number of rotatable bonds is 8. The third-order valence-corrected chi connectivity index (χ3v) is 6.09. The van der Waals surface area contributed by atoms with Crippen molar-refractivity contribution in [2.24, 2.45) is 0 Å². The van der Waals surface area contributed by atoms with E-state index < -0.39 is 0 Å². The Bertz CT molecular complexity index is 1420. The summed E-state index contributed by atoms with van der Waals surface area (Å²) in [7, 11) is 3.21. The van der Waals surface area contributed by atoms with Crippen LogP contribution >= 0.6 is 0 Å². The first-order chi connectivity index (χ1) is 16.9. The lowest BCUT2D eigenvalue weighted by atomic mass is 10.0. The number of aromatic nitrogens is 1. The molecule has 0 bridgehead atoms. The molecular formula is C29H30N2O4. The number of anilines is 1. The molecule has 0 aliphatic carbocycles. The molecule has 6 nitrogen and oxygen atoms in total. The maximum absolute atomic E-state index is 13.5. The first-order valence-corrected chi connectivity index (χ1v) is 11.6. The number of aryl methyl sites for hydroxylation is 4. The molecule has 3 aromatic carbocycles. The highest BCUT2D eigenvalue weighted by Crippen LogP contribution is 2.28. The van der Waals surface area contributed by atoms with Gasteiger partial charge in [0.1, 0.15) is 6.54 Å².